The standard InChI is InChI=1S/C30H52N2O4/c1-20(4-9-28(36)32-14-12-31(13-15-32)16-17-33)24-7-8-25-23-6-5-21-18-22(34)10-11-29(21,2)26(23)19-27(35)30(24,25)3/h20-27,33-35H,4-19H2,1-3H3/t20?,21?,22-,23?,24-,25?,26?,27+,29+,30-/m1/s1. The summed E-state index contributed by atoms with van der Waals surface area (Å²) >= 11 is 0. The van der Waals surface area contributed by atoms with E-state index < -0.39 is 0 Å². The lowest BCUT2D eigenvalue weighted by atomic mass is 9.43. The van der Waals surface area contributed by atoms with Crippen molar-refractivity contribution in [2.45, 2.75) is 97.2 Å². The molecule has 0 bridgehead atoms. The van der Waals surface area contributed by atoms with Gasteiger partial charge in [-0.05, 0) is 104 Å². The maximum Gasteiger partial charge on any atom is 0.222 e. The van der Waals surface area contributed by atoms with E-state index in [1.807, 2.05) is 4.90 Å². The zero-order chi connectivity index (χ0) is 25.7. The van der Waals surface area contributed by atoms with Gasteiger partial charge in [0.15, 0.2) is 0 Å². The minimum Gasteiger partial charge on any atom is -0.395 e. The quantitative estimate of drug-likeness (QED) is 0.515. The van der Waals surface area contributed by atoms with E-state index in [0.29, 0.717) is 48.5 Å². The molecule has 1 saturated heterocycles. The van der Waals surface area contributed by atoms with Crippen molar-refractivity contribution in [3.05, 3.63) is 0 Å². The Morgan fingerprint density at radius 3 is 2.44 bits per heavy atom. The van der Waals surface area contributed by atoms with Crippen LogP contribution in [-0.2, 0) is 4.79 Å². The molecule has 10 atom stereocenters. The molecule has 1 aliphatic heterocycles. The minimum atomic E-state index is -0.253. The van der Waals surface area contributed by atoms with Gasteiger partial charge < -0.3 is 20.2 Å². The molecule has 0 aromatic heterocycles. The Kier molecular flexibility index (Phi) is 7.82. The van der Waals surface area contributed by atoms with Crippen molar-refractivity contribution >= 4 is 5.91 Å². The Balaban J connectivity index is 1.21. The number of carbonyl (C=O) groups excluding carboxylic acids is 1. The lowest BCUT2D eigenvalue weighted by molar-refractivity contribution is -0.175. The zero-order valence-corrected chi connectivity index (χ0v) is 23.1. The molecule has 1 heterocycles. The highest BCUT2D eigenvalue weighted by molar-refractivity contribution is 5.76. The number of fused-ring (bicyclic) bond motifs is 5. The highest BCUT2D eigenvalue weighted by atomic mass is 16.3. The Morgan fingerprint density at radius 1 is 0.972 bits per heavy atom. The van der Waals surface area contributed by atoms with E-state index in [0.717, 1.165) is 58.3 Å². The van der Waals surface area contributed by atoms with Crippen LogP contribution < -0.4 is 0 Å². The second kappa shape index (κ2) is 10.5. The number of piperazine rings is 1. The maximum atomic E-state index is 13.0. The molecule has 0 aromatic carbocycles. The average molecular weight is 505 g/mol. The number of amides is 1. The van der Waals surface area contributed by atoms with Crippen molar-refractivity contribution < 1.29 is 20.1 Å². The first-order valence-electron chi connectivity index (χ1n) is 15.2. The molecule has 5 aliphatic rings. The molecule has 1 amide bonds. The number of aliphatic hydroxyl groups excluding tert-OH is 3. The van der Waals surface area contributed by atoms with Gasteiger partial charge >= 0.3 is 0 Å². The summed E-state index contributed by atoms with van der Waals surface area (Å²) in [6.07, 6.45) is 10.0. The van der Waals surface area contributed by atoms with Crippen molar-refractivity contribution in [2.75, 3.05) is 39.3 Å². The first-order valence-corrected chi connectivity index (χ1v) is 15.2. The van der Waals surface area contributed by atoms with Gasteiger partial charge in [0, 0.05) is 39.1 Å². The van der Waals surface area contributed by atoms with E-state index in [1.165, 1.54) is 25.7 Å². The molecule has 0 spiro atoms. The van der Waals surface area contributed by atoms with Gasteiger partial charge in [-0.2, -0.15) is 0 Å². The molecule has 6 nitrogen and oxygen atoms in total. The number of β-amino-alcohol motifs (C(OH)–C–C–N with tert-alkyl or cyclic N) is 1. The second-order valence-electron chi connectivity index (χ2n) is 13.8. The van der Waals surface area contributed by atoms with Crippen LogP contribution in [0.2, 0.25) is 0 Å². The largest absolute Gasteiger partial charge is 0.395 e. The number of nitrogens with zero attached hydrogens (tertiary/aromatic N) is 2. The lowest BCUT2D eigenvalue weighted by Gasteiger charge is -2.62. The lowest BCUT2D eigenvalue weighted by Crippen LogP contribution is -2.58. The van der Waals surface area contributed by atoms with E-state index >= 15 is 0 Å². The SMILES string of the molecule is CC(CCC(=O)N1CCN(CCO)CC1)[C@H]1CCC2C3CCC4C[C@H](O)CC[C@]4(C)C3C[C@H](O)[C@@]21C. The van der Waals surface area contributed by atoms with Gasteiger partial charge in [-0.3, -0.25) is 9.69 Å². The summed E-state index contributed by atoms with van der Waals surface area (Å²) in [5.41, 5.74) is 0.249. The molecule has 36 heavy (non-hydrogen) atoms. The fourth-order valence-corrected chi connectivity index (χ4v) is 10.2. The molecular weight excluding hydrogens is 452 g/mol. The Morgan fingerprint density at radius 2 is 1.72 bits per heavy atom. The number of hydrogen-bond donors (Lipinski definition) is 3. The Bertz CT molecular complexity index is 785. The van der Waals surface area contributed by atoms with E-state index in [4.69, 9.17) is 5.11 Å². The van der Waals surface area contributed by atoms with Crippen molar-refractivity contribution in [3.8, 4) is 0 Å². The van der Waals surface area contributed by atoms with Gasteiger partial charge in [0.05, 0.1) is 18.8 Å². The Labute approximate surface area is 218 Å². The highest BCUT2D eigenvalue weighted by Gasteiger charge is 2.63. The Hall–Kier alpha value is -0.690. The van der Waals surface area contributed by atoms with Crippen molar-refractivity contribution in [1.82, 2.24) is 9.80 Å². The van der Waals surface area contributed by atoms with Crippen molar-refractivity contribution in [1.29, 1.82) is 0 Å². The van der Waals surface area contributed by atoms with E-state index in [1.54, 1.807) is 0 Å². The summed E-state index contributed by atoms with van der Waals surface area (Å²) in [5.74, 6) is 3.74. The van der Waals surface area contributed by atoms with Gasteiger partial charge in [-0.1, -0.05) is 20.8 Å². The molecule has 4 saturated carbocycles. The molecule has 6 heteroatoms. The summed E-state index contributed by atoms with van der Waals surface area (Å²) in [7, 11) is 0. The van der Waals surface area contributed by atoms with Gasteiger partial charge in [-0.25, -0.2) is 0 Å². The van der Waals surface area contributed by atoms with Gasteiger partial charge in [0.2, 0.25) is 5.91 Å². The van der Waals surface area contributed by atoms with Crippen LogP contribution in [0, 0.1) is 46.3 Å². The van der Waals surface area contributed by atoms with Crippen LogP contribution in [0.1, 0.15) is 85.0 Å². The van der Waals surface area contributed by atoms with Crippen LogP contribution in [-0.4, -0.2) is 82.6 Å². The summed E-state index contributed by atoms with van der Waals surface area (Å²) in [4.78, 5) is 17.2. The first-order chi connectivity index (χ1) is 17.2. The molecule has 5 rings (SSSR count). The molecule has 4 aliphatic carbocycles. The molecule has 0 radical (unpaired) electrons. The summed E-state index contributed by atoms with van der Waals surface area (Å²) in [6.45, 7) is 11.4. The normalized spacial score (nSPS) is 46.1. The number of rotatable bonds is 6. The predicted molar refractivity (Wildman–Crippen MR) is 141 cm³/mol. The first kappa shape index (κ1) is 26.9. The van der Waals surface area contributed by atoms with Gasteiger partial charge in [0.1, 0.15) is 0 Å². The monoisotopic (exact) mass is 504 g/mol. The van der Waals surface area contributed by atoms with Crippen LogP contribution in [0.5, 0.6) is 0 Å². The molecular formula is C30H52N2O4. The summed E-state index contributed by atoms with van der Waals surface area (Å²) < 4.78 is 0. The summed E-state index contributed by atoms with van der Waals surface area (Å²) in [5, 5.41) is 31.2. The van der Waals surface area contributed by atoms with Crippen LogP contribution in [0.25, 0.3) is 0 Å². The number of aliphatic hydroxyl groups is 3. The predicted octanol–water partition coefficient (Wildman–Crippen LogP) is 3.53. The van der Waals surface area contributed by atoms with Gasteiger partial charge in [0.25, 0.3) is 0 Å². The topological polar surface area (TPSA) is 84.2 Å². The fourth-order valence-electron chi connectivity index (χ4n) is 10.2. The van der Waals surface area contributed by atoms with Crippen LogP contribution in [0.4, 0.5) is 0 Å². The van der Waals surface area contributed by atoms with E-state index in [9.17, 15) is 15.0 Å². The molecule has 0 aromatic rings. The van der Waals surface area contributed by atoms with Crippen molar-refractivity contribution in [3.63, 3.8) is 0 Å². The average Bonchev–Trinajstić information content (AvgIpc) is 3.23. The fraction of sp³-hybridized carbons (Fsp3) is 0.967. The number of hydrogen-bond acceptors (Lipinski definition) is 5. The van der Waals surface area contributed by atoms with Crippen LogP contribution >= 0.6 is 0 Å². The smallest absolute Gasteiger partial charge is 0.222 e. The molecule has 206 valence electrons. The van der Waals surface area contributed by atoms with Crippen molar-refractivity contribution in [2.24, 2.45) is 46.3 Å². The van der Waals surface area contributed by atoms with Gasteiger partial charge in [-0.15, -0.1) is 0 Å². The number of carbonyl (C=O) groups is 1. The van der Waals surface area contributed by atoms with Crippen LogP contribution in [0.3, 0.4) is 0 Å². The third kappa shape index (κ3) is 4.56. The molecule has 5 unspecified atom stereocenters. The van der Waals surface area contributed by atoms with E-state index in [-0.39, 0.29) is 35.6 Å². The maximum absolute atomic E-state index is 13.0. The molecule has 5 fully saturated rings. The summed E-state index contributed by atoms with van der Waals surface area (Å²) in [6, 6.07) is 0. The zero-order valence-electron chi connectivity index (χ0n) is 23.1. The third-order valence-corrected chi connectivity index (χ3v) is 12.5. The highest BCUT2D eigenvalue weighted by Crippen LogP contribution is 2.68. The minimum absolute atomic E-state index is 0.0308. The van der Waals surface area contributed by atoms with Crippen LogP contribution in [0.15, 0.2) is 0 Å². The molecule has 3 N–H and O–H groups in total. The third-order valence-electron chi connectivity index (χ3n) is 12.5. The second-order valence-corrected chi connectivity index (χ2v) is 13.8. The van der Waals surface area contributed by atoms with E-state index in [2.05, 4.69) is 25.7 Å².